The summed E-state index contributed by atoms with van der Waals surface area (Å²) in [6.07, 6.45) is 4.60. The molecule has 1 aliphatic heterocycles. The molecule has 0 spiro atoms. The lowest BCUT2D eigenvalue weighted by molar-refractivity contribution is 0.0663. The second kappa shape index (κ2) is 8.19. The van der Waals surface area contributed by atoms with Crippen LogP contribution in [0.4, 0.5) is 0 Å². The van der Waals surface area contributed by atoms with E-state index in [1.165, 1.54) is 22.7 Å². The Balaban J connectivity index is 1.24. The highest BCUT2D eigenvalue weighted by Gasteiger charge is 2.24. The van der Waals surface area contributed by atoms with E-state index in [-0.39, 0.29) is 5.91 Å². The lowest BCUT2D eigenvalue weighted by Gasteiger charge is -2.35. The predicted octanol–water partition coefficient (Wildman–Crippen LogP) is 3.78. The number of piperazine rings is 1. The number of thioether (sulfide) groups is 1. The molecule has 1 fully saturated rings. The van der Waals surface area contributed by atoms with E-state index in [1.807, 2.05) is 11.0 Å². The van der Waals surface area contributed by atoms with E-state index in [2.05, 4.69) is 34.3 Å². The molecule has 1 aliphatic rings. The standard InChI is InChI=1S/C20H21N3O2S2/c24-19(18-6-3-12-25-18)22-8-10-23(11-9-22)20(26)27-13-7-15-14-21-17-5-2-1-4-16(15)17/h1-6,12,14,21H,7-11,13H2. The van der Waals surface area contributed by atoms with E-state index in [0.717, 1.165) is 29.6 Å². The van der Waals surface area contributed by atoms with Crippen LogP contribution in [0.1, 0.15) is 16.1 Å². The molecule has 1 N–H and O–H groups in total. The third-order valence-electron chi connectivity index (χ3n) is 4.83. The van der Waals surface area contributed by atoms with Crippen molar-refractivity contribution in [2.45, 2.75) is 6.42 Å². The van der Waals surface area contributed by atoms with Gasteiger partial charge in [0, 0.05) is 49.0 Å². The second-order valence-corrected chi connectivity index (χ2v) is 8.21. The third kappa shape index (κ3) is 4.04. The number of nitrogens with one attached hydrogen (secondary N) is 1. The second-order valence-electron chi connectivity index (χ2n) is 6.48. The van der Waals surface area contributed by atoms with Crippen LogP contribution >= 0.6 is 24.0 Å². The molecule has 0 unspecified atom stereocenters. The Morgan fingerprint density at radius 2 is 1.89 bits per heavy atom. The molecule has 1 amide bonds. The molecule has 0 bridgehead atoms. The normalized spacial score (nSPS) is 14.7. The average Bonchev–Trinajstić information content (AvgIpc) is 3.38. The van der Waals surface area contributed by atoms with Crippen LogP contribution in [0.5, 0.6) is 0 Å². The maximum absolute atomic E-state index is 12.3. The summed E-state index contributed by atoms with van der Waals surface area (Å²) in [5.74, 6) is 1.31. The fourth-order valence-corrected chi connectivity index (χ4v) is 4.62. The summed E-state index contributed by atoms with van der Waals surface area (Å²) in [6.45, 7) is 2.88. The van der Waals surface area contributed by atoms with Crippen LogP contribution < -0.4 is 0 Å². The van der Waals surface area contributed by atoms with Gasteiger partial charge >= 0.3 is 0 Å². The van der Waals surface area contributed by atoms with Crippen LogP contribution in [0, 0.1) is 0 Å². The number of aryl methyl sites for hydroxylation is 1. The molecule has 3 aromatic rings. The van der Waals surface area contributed by atoms with Crippen LogP contribution in [0.25, 0.3) is 10.9 Å². The molecule has 27 heavy (non-hydrogen) atoms. The number of fused-ring (bicyclic) bond motifs is 1. The molecule has 1 saturated heterocycles. The number of carbonyl (C=O) groups excluding carboxylic acids is 1. The van der Waals surface area contributed by atoms with Crippen LogP contribution in [-0.2, 0) is 6.42 Å². The molecular weight excluding hydrogens is 378 g/mol. The van der Waals surface area contributed by atoms with Crippen molar-refractivity contribution in [2.24, 2.45) is 0 Å². The summed E-state index contributed by atoms with van der Waals surface area (Å²) in [5.41, 5.74) is 2.51. The summed E-state index contributed by atoms with van der Waals surface area (Å²) < 4.78 is 6.12. The van der Waals surface area contributed by atoms with Crippen molar-refractivity contribution in [2.75, 3.05) is 31.9 Å². The first-order valence-electron chi connectivity index (χ1n) is 9.02. The number of nitrogens with zero attached hydrogens (tertiary/aromatic N) is 2. The van der Waals surface area contributed by atoms with Crippen molar-refractivity contribution in [1.82, 2.24) is 14.8 Å². The number of hydrogen-bond donors (Lipinski definition) is 1. The summed E-state index contributed by atoms with van der Waals surface area (Å²) in [6, 6.07) is 11.8. The molecule has 0 aliphatic carbocycles. The summed E-state index contributed by atoms with van der Waals surface area (Å²) in [7, 11) is 0. The fraction of sp³-hybridized carbons (Fsp3) is 0.300. The van der Waals surface area contributed by atoms with Gasteiger partial charge in [-0.15, -0.1) is 0 Å². The van der Waals surface area contributed by atoms with E-state index in [9.17, 15) is 4.79 Å². The van der Waals surface area contributed by atoms with Gasteiger partial charge in [-0.1, -0.05) is 42.2 Å². The van der Waals surface area contributed by atoms with Gasteiger partial charge in [0.2, 0.25) is 0 Å². The fourth-order valence-electron chi connectivity index (χ4n) is 3.33. The zero-order valence-corrected chi connectivity index (χ0v) is 16.5. The number of amides is 1. The van der Waals surface area contributed by atoms with E-state index >= 15 is 0 Å². The zero-order valence-electron chi connectivity index (χ0n) is 14.9. The van der Waals surface area contributed by atoms with E-state index in [4.69, 9.17) is 16.6 Å². The molecule has 140 valence electrons. The number of carbonyl (C=O) groups is 1. The lowest BCUT2D eigenvalue weighted by Crippen LogP contribution is -2.49. The van der Waals surface area contributed by atoms with Crippen molar-refractivity contribution in [3.05, 3.63) is 60.2 Å². The number of para-hydroxylation sites is 1. The van der Waals surface area contributed by atoms with E-state index in [0.29, 0.717) is 18.8 Å². The Kier molecular flexibility index (Phi) is 5.50. The Morgan fingerprint density at radius 1 is 1.11 bits per heavy atom. The number of aromatic amines is 1. The van der Waals surface area contributed by atoms with Crippen molar-refractivity contribution >= 4 is 45.1 Å². The highest BCUT2D eigenvalue weighted by Crippen LogP contribution is 2.21. The number of rotatable bonds is 4. The Labute approximate surface area is 167 Å². The average molecular weight is 400 g/mol. The van der Waals surface area contributed by atoms with Gasteiger partial charge in [0.25, 0.3) is 5.91 Å². The first-order chi connectivity index (χ1) is 13.2. The van der Waals surface area contributed by atoms with Gasteiger partial charge in [0.1, 0.15) is 4.32 Å². The maximum atomic E-state index is 12.3. The van der Waals surface area contributed by atoms with Crippen molar-refractivity contribution in [3.63, 3.8) is 0 Å². The molecule has 2 aromatic heterocycles. The molecule has 0 radical (unpaired) electrons. The van der Waals surface area contributed by atoms with Gasteiger partial charge in [0.15, 0.2) is 5.76 Å². The summed E-state index contributed by atoms with van der Waals surface area (Å²) >= 11 is 7.33. The molecule has 0 saturated carbocycles. The van der Waals surface area contributed by atoms with Gasteiger partial charge in [0.05, 0.1) is 6.26 Å². The Morgan fingerprint density at radius 3 is 2.67 bits per heavy atom. The van der Waals surface area contributed by atoms with E-state index in [1.54, 1.807) is 23.9 Å². The number of hydrogen-bond acceptors (Lipinski definition) is 4. The Bertz CT molecular complexity index is 928. The predicted molar refractivity (Wildman–Crippen MR) is 113 cm³/mol. The van der Waals surface area contributed by atoms with Gasteiger partial charge in [-0.05, 0) is 30.2 Å². The van der Waals surface area contributed by atoms with Crippen molar-refractivity contribution in [3.8, 4) is 0 Å². The first-order valence-corrected chi connectivity index (χ1v) is 10.4. The number of aromatic nitrogens is 1. The highest BCUT2D eigenvalue weighted by atomic mass is 32.2. The van der Waals surface area contributed by atoms with Gasteiger partial charge < -0.3 is 19.2 Å². The molecule has 5 nitrogen and oxygen atoms in total. The minimum Gasteiger partial charge on any atom is -0.459 e. The minimum atomic E-state index is -0.0439. The summed E-state index contributed by atoms with van der Waals surface area (Å²) in [5, 5.41) is 1.29. The molecule has 4 rings (SSSR count). The van der Waals surface area contributed by atoms with E-state index < -0.39 is 0 Å². The van der Waals surface area contributed by atoms with Gasteiger partial charge in [-0.3, -0.25) is 4.79 Å². The van der Waals surface area contributed by atoms with Gasteiger partial charge in [-0.2, -0.15) is 0 Å². The lowest BCUT2D eigenvalue weighted by atomic mass is 10.1. The van der Waals surface area contributed by atoms with Crippen LogP contribution in [0.15, 0.2) is 53.3 Å². The van der Waals surface area contributed by atoms with Crippen LogP contribution in [0.3, 0.4) is 0 Å². The number of benzene rings is 1. The molecular formula is C20H21N3O2S2. The SMILES string of the molecule is O=C(c1ccco1)N1CCN(C(=S)SCCc2c[nH]c3ccccc23)CC1. The molecule has 3 heterocycles. The molecule has 0 atom stereocenters. The molecule has 7 heteroatoms. The Hall–Kier alpha value is -2.25. The topological polar surface area (TPSA) is 52.5 Å². The van der Waals surface area contributed by atoms with Crippen LogP contribution in [-0.4, -0.2) is 56.9 Å². The third-order valence-corrected chi connectivity index (χ3v) is 6.35. The summed E-state index contributed by atoms with van der Waals surface area (Å²) in [4.78, 5) is 19.7. The number of thiocarbonyl (C=S) groups is 1. The smallest absolute Gasteiger partial charge is 0.289 e. The highest BCUT2D eigenvalue weighted by molar-refractivity contribution is 8.22. The quantitative estimate of drug-likeness (QED) is 0.677. The molecule has 1 aromatic carbocycles. The van der Waals surface area contributed by atoms with Crippen molar-refractivity contribution in [1.29, 1.82) is 0 Å². The monoisotopic (exact) mass is 399 g/mol. The van der Waals surface area contributed by atoms with Gasteiger partial charge in [-0.25, -0.2) is 0 Å². The zero-order chi connectivity index (χ0) is 18.6. The number of furan rings is 1. The van der Waals surface area contributed by atoms with Crippen molar-refractivity contribution < 1.29 is 9.21 Å². The maximum Gasteiger partial charge on any atom is 0.289 e. The number of H-pyrrole nitrogens is 1. The first kappa shape index (κ1) is 18.1. The van der Waals surface area contributed by atoms with Crippen LogP contribution in [0.2, 0.25) is 0 Å². The minimum absolute atomic E-state index is 0.0439. The largest absolute Gasteiger partial charge is 0.459 e.